The van der Waals surface area contributed by atoms with Crippen molar-refractivity contribution in [2.75, 3.05) is 15.0 Å². The zero-order valence-corrected chi connectivity index (χ0v) is 17.8. The van der Waals surface area contributed by atoms with Gasteiger partial charge in [0.15, 0.2) is 0 Å². The van der Waals surface area contributed by atoms with Crippen molar-refractivity contribution >= 4 is 33.2 Å². The molecule has 0 aromatic heterocycles. The lowest BCUT2D eigenvalue weighted by Gasteiger charge is -2.23. The maximum Gasteiger partial charge on any atom is 0.258 e. The molecule has 1 fully saturated rings. The Hall–Kier alpha value is -3.45. The molecule has 1 aliphatic heterocycles. The molecule has 4 rings (SSSR count). The van der Waals surface area contributed by atoms with Crippen molar-refractivity contribution in [3.63, 3.8) is 0 Å². The van der Waals surface area contributed by atoms with Crippen LogP contribution < -0.4 is 9.21 Å². The van der Waals surface area contributed by atoms with Crippen LogP contribution in [0.15, 0.2) is 84.9 Å². The van der Waals surface area contributed by atoms with Gasteiger partial charge in [0.2, 0.25) is 15.9 Å². The van der Waals surface area contributed by atoms with Crippen LogP contribution >= 0.6 is 0 Å². The molecule has 31 heavy (non-hydrogen) atoms. The Bertz CT molecular complexity index is 1190. The standard InChI is InChI=1S/C24H22N2O4S/c1-18-17-31(29,30)26(23(18)27)22-14-12-20(13-15-22)24(28)25(21-10-6-3-7-11-21)16-19-8-4-2-5-9-19/h2-15,18H,16-17H2,1H3/t18-/m1/s1. The number of amides is 2. The first-order valence-corrected chi connectivity index (χ1v) is 11.6. The third-order valence-corrected chi connectivity index (χ3v) is 7.07. The van der Waals surface area contributed by atoms with Gasteiger partial charge < -0.3 is 4.90 Å². The van der Waals surface area contributed by atoms with Gasteiger partial charge in [-0.05, 0) is 42.0 Å². The average molecular weight is 435 g/mol. The number of carbonyl (C=O) groups excluding carboxylic acids is 2. The summed E-state index contributed by atoms with van der Waals surface area (Å²) in [5.41, 5.74) is 2.39. The molecule has 7 heteroatoms. The summed E-state index contributed by atoms with van der Waals surface area (Å²) in [5.74, 6) is -1.45. The maximum atomic E-state index is 13.4. The minimum absolute atomic E-state index is 0.203. The molecule has 1 heterocycles. The highest BCUT2D eigenvalue weighted by atomic mass is 32.2. The van der Waals surface area contributed by atoms with Gasteiger partial charge in [-0.1, -0.05) is 55.5 Å². The van der Waals surface area contributed by atoms with Gasteiger partial charge in [0.1, 0.15) is 0 Å². The van der Waals surface area contributed by atoms with Crippen LogP contribution in [0.1, 0.15) is 22.8 Å². The fourth-order valence-corrected chi connectivity index (χ4v) is 5.46. The molecule has 0 aliphatic carbocycles. The van der Waals surface area contributed by atoms with Crippen molar-refractivity contribution in [2.24, 2.45) is 5.92 Å². The topological polar surface area (TPSA) is 74.8 Å². The van der Waals surface area contributed by atoms with Crippen LogP contribution in [0, 0.1) is 5.92 Å². The number of hydrogen-bond acceptors (Lipinski definition) is 4. The Labute approximate surface area is 181 Å². The van der Waals surface area contributed by atoms with Crippen molar-refractivity contribution in [3.05, 3.63) is 96.1 Å². The van der Waals surface area contributed by atoms with E-state index in [4.69, 9.17) is 0 Å². The van der Waals surface area contributed by atoms with Crippen molar-refractivity contribution < 1.29 is 18.0 Å². The van der Waals surface area contributed by atoms with Crippen molar-refractivity contribution in [1.29, 1.82) is 0 Å². The zero-order valence-electron chi connectivity index (χ0n) is 17.0. The summed E-state index contributed by atoms with van der Waals surface area (Å²) in [6, 6.07) is 25.2. The summed E-state index contributed by atoms with van der Waals surface area (Å²) < 4.78 is 25.5. The molecule has 0 radical (unpaired) electrons. The molecule has 1 atom stereocenters. The van der Waals surface area contributed by atoms with Gasteiger partial charge in [0, 0.05) is 11.3 Å². The number of hydrogen-bond donors (Lipinski definition) is 0. The van der Waals surface area contributed by atoms with Crippen LogP contribution in [0.25, 0.3) is 0 Å². The predicted octanol–water partition coefficient (Wildman–Crippen LogP) is 3.85. The van der Waals surface area contributed by atoms with Crippen molar-refractivity contribution in [2.45, 2.75) is 13.5 Å². The van der Waals surface area contributed by atoms with Gasteiger partial charge in [-0.25, -0.2) is 12.7 Å². The number of rotatable bonds is 5. The Morgan fingerprint density at radius 3 is 2.06 bits per heavy atom. The molecule has 158 valence electrons. The molecule has 0 unspecified atom stereocenters. The Kier molecular flexibility index (Phi) is 5.61. The molecule has 0 bridgehead atoms. The quantitative estimate of drug-likeness (QED) is 0.611. The van der Waals surface area contributed by atoms with E-state index in [0.717, 1.165) is 15.6 Å². The first-order chi connectivity index (χ1) is 14.9. The number of nitrogens with zero attached hydrogens (tertiary/aromatic N) is 2. The van der Waals surface area contributed by atoms with E-state index in [1.165, 1.54) is 12.1 Å². The van der Waals surface area contributed by atoms with Crippen LogP contribution in [-0.4, -0.2) is 26.0 Å². The van der Waals surface area contributed by atoms with E-state index in [9.17, 15) is 18.0 Å². The molecule has 0 N–H and O–H groups in total. The Morgan fingerprint density at radius 2 is 1.52 bits per heavy atom. The third kappa shape index (κ3) is 4.22. The summed E-state index contributed by atoms with van der Waals surface area (Å²) in [4.78, 5) is 27.3. The number of carbonyl (C=O) groups is 2. The van der Waals surface area contributed by atoms with Crippen molar-refractivity contribution in [1.82, 2.24) is 0 Å². The summed E-state index contributed by atoms with van der Waals surface area (Å²) in [7, 11) is -3.68. The van der Waals surface area contributed by atoms with Gasteiger partial charge in [-0.15, -0.1) is 0 Å². The smallest absolute Gasteiger partial charge is 0.258 e. The van der Waals surface area contributed by atoms with Gasteiger partial charge in [-0.2, -0.15) is 0 Å². The lowest BCUT2D eigenvalue weighted by atomic mass is 10.1. The largest absolute Gasteiger partial charge is 0.304 e. The number of anilines is 2. The Morgan fingerprint density at radius 1 is 0.935 bits per heavy atom. The maximum absolute atomic E-state index is 13.4. The van der Waals surface area contributed by atoms with Crippen LogP contribution in [0.2, 0.25) is 0 Å². The first-order valence-electron chi connectivity index (χ1n) is 9.94. The average Bonchev–Trinajstić information content (AvgIpc) is 2.99. The minimum Gasteiger partial charge on any atom is -0.304 e. The molecule has 6 nitrogen and oxygen atoms in total. The molecule has 0 saturated carbocycles. The summed E-state index contributed by atoms with van der Waals surface area (Å²) >= 11 is 0. The second-order valence-corrected chi connectivity index (χ2v) is 9.40. The van der Waals surface area contributed by atoms with Crippen LogP contribution in [0.3, 0.4) is 0 Å². The van der Waals surface area contributed by atoms with Crippen molar-refractivity contribution in [3.8, 4) is 0 Å². The zero-order chi connectivity index (χ0) is 22.0. The number of sulfonamides is 1. The third-order valence-electron chi connectivity index (χ3n) is 5.21. The highest BCUT2D eigenvalue weighted by Gasteiger charge is 2.41. The van der Waals surface area contributed by atoms with Gasteiger partial charge in [0.25, 0.3) is 5.91 Å². The Balaban J connectivity index is 1.64. The summed E-state index contributed by atoms with van der Waals surface area (Å²) in [6.07, 6.45) is 0. The monoisotopic (exact) mass is 434 g/mol. The number of para-hydroxylation sites is 1. The van der Waals surface area contributed by atoms with E-state index in [1.807, 2.05) is 60.7 Å². The highest BCUT2D eigenvalue weighted by Crippen LogP contribution is 2.29. The lowest BCUT2D eigenvalue weighted by molar-refractivity contribution is -0.119. The van der Waals surface area contributed by atoms with Crippen LogP contribution in [-0.2, 0) is 21.4 Å². The van der Waals surface area contributed by atoms with Gasteiger partial charge in [0.05, 0.1) is 23.9 Å². The first kappa shape index (κ1) is 20.8. The fourth-order valence-electron chi connectivity index (χ4n) is 3.64. The fraction of sp³-hybridized carbons (Fsp3) is 0.167. The highest BCUT2D eigenvalue weighted by molar-refractivity contribution is 7.94. The van der Waals surface area contributed by atoms with E-state index >= 15 is 0 Å². The molecule has 0 spiro atoms. The summed E-state index contributed by atoms with van der Waals surface area (Å²) in [5, 5.41) is 0. The number of benzene rings is 3. The van der Waals surface area contributed by atoms with Crippen LogP contribution in [0.4, 0.5) is 11.4 Å². The second-order valence-electron chi connectivity index (χ2n) is 7.54. The molecule has 3 aromatic carbocycles. The van der Waals surface area contributed by atoms with Crippen LogP contribution in [0.5, 0.6) is 0 Å². The van der Waals surface area contributed by atoms with E-state index in [0.29, 0.717) is 12.1 Å². The molecular formula is C24H22N2O4S. The lowest BCUT2D eigenvalue weighted by Crippen LogP contribution is -2.31. The van der Waals surface area contributed by atoms with E-state index in [1.54, 1.807) is 24.0 Å². The SMILES string of the molecule is C[C@@H]1CS(=O)(=O)N(c2ccc(C(=O)N(Cc3ccccc3)c3ccccc3)cc2)C1=O. The van der Waals surface area contributed by atoms with Gasteiger partial charge in [-0.3, -0.25) is 9.59 Å². The van der Waals surface area contributed by atoms with E-state index in [2.05, 4.69) is 0 Å². The molecule has 1 saturated heterocycles. The van der Waals surface area contributed by atoms with E-state index in [-0.39, 0.29) is 17.3 Å². The van der Waals surface area contributed by atoms with Gasteiger partial charge >= 0.3 is 0 Å². The predicted molar refractivity (Wildman–Crippen MR) is 120 cm³/mol. The van der Waals surface area contributed by atoms with E-state index < -0.39 is 21.8 Å². The molecule has 1 aliphatic rings. The second kappa shape index (κ2) is 8.35. The molecule has 3 aromatic rings. The normalized spacial score (nSPS) is 17.5. The minimum atomic E-state index is -3.68. The summed E-state index contributed by atoms with van der Waals surface area (Å²) in [6.45, 7) is 1.99. The molecular weight excluding hydrogens is 412 g/mol. The molecule has 2 amide bonds.